The topological polar surface area (TPSA) is 46.9 Å². The van der Waals surface area contributed by atoms with Crippen molar-refractivity contribution >= 4 is 46.7 Å². The molecule has 0 saturated carbocycles. The van der Waals surface area contributed by atoms with E-state index in [4.69, 9.17) is 23.2 Å². The molecule has 0 aliphatic carbocycles. The lowest BCUT2D eigenvalue weighted by molar-refractivity contribution is -0.113. The molecule has 1 aromatic carbocycles. The Morgan fingerprint density at radius 2 is 2.20 bits per heavy atom. The first kappa shape index (κ1) is 15.2. The number of hydrogen-bond acceptors (Lipinski definition) is 3. The number of carbonyl (C=O) groups excluding carboxylic acids is 1. The Kier molecular flexibility index (Phi) is 5.34. The molecule has 0 aliphatic rings. The Morgan fingerprint density at radius 3 is 2.95 bits per heavy atom. The van der Waals surface area contributed by atoms with Gasteiger partial charge in [-0.3, -0.25) is 4.79 Å². The Hall–Kier alpha value is -1.17. The van der Waals surface area contributed by atoms with Crippen molar-refractivity contribution in [2.24, 2.45) is 0 Å². The maximum atomic E-state index is 11.6. The van der Waals surface area contributed by atoms with E-state index in [-0.39, 0.29) is 5.91 Å². The molecule has 0 atom stereocenters. The van der Waals surface area contributed by atoms with Crippen molar-refractivity contribution in [1.82, 2.24) is 9.78 Å². The maximum absolute atomic E-state index is 11.6. The fourth-order valence-corrected chi connectivity index (χ4v) is 2.42. The summed E-state index contributed by atoms with van der Waals surface area (Å²) < 4.78 is 1.68. The van der Waals surface area contributed by atoms with Crippen LogP contribution >= 0.6 is 35.0 Å². The maximum Gasteiger partial charge on any atom is 0.235 e. The standard InChI is InChI=1S/C13H13Cl2N3OS/c1-20-8-12(19)17-11-5-6-16-18(11)7-9-3-2-4-10(14)13(9)15/h2-6H,7-8H2,1H3,(H,17,19). The molecule has 0 unspecified atom stereocenters. The fraction of sp³-hybridized carbons (Fsp3) is 0.231. The van der Waals surface area contributed by atoms with Crippen molar-refractivity contribution in [3.8, 4) is 0 Å². The summed E-state index contributed by atoms with van der Waals surface area (Å²) in [6, 6.07) is 7.19. The number of halogens is 2. The molecule has 0 bridgehead atoms. The number of nitrogens with one attached hydrogen (secondary N) is 1. The van der Waals surface area contributed by atoms with Crippen LogP contribution in [0, 0.1) is 0 Å². The lowest BCUT2D eigenvalue weighted by Gasteiger charge is -2.10. The number of amides is 1. The summed E-state index contributed by atoms with van der Waals surface area (Å²) in [5, 5.41) is 8.01. The predicted molar refractivity (Wildman–Crippen MR) is 84.8 cm³/mol. The molecule has 2 aromatic rings. The van der Waals surface area contributed by atoms with Crippen LogP contribution in [0.2, 0.25) is 10.0 Å². The van der Waals surface area contributed by atoms with E-state index in [9.17, 15) is 4.79 Å². The summed E-state index contributed by atoms with van der Waals surface area (Å²) in [7, 11) is 0. The van der Waals surface area contributed by atoms with Crippen LogP contribution < -0.4 is 5.32 Å². The Morgan fingerprint density at radius 1 is 1.40 bits per heavy atom. The van der Waals surface area contributed by atoms with Gasteiger partial charge in [0.25, 0.3) is 0 Å². The molecule has 4 nitrogen and oxygen atoms in total. The average Bonchev–Trinajstić information content (AvgIpc) is 2.82. The van der Waals surface area contributed by atoms with Gasteiger partial charge in [-0.1, -0.05) is 35.3 Å². The average molecular weight is 330 g/mol. The summed E-state index contributed by atoms with van der Waals surface area (Å²) in [6.07, 6.45) is 3.51. The smallest absolute Gasteiger partial charge is 0.235 e. The Balaban J connectivity index is 2.16. The second kappa shape index (κ2) is 7.02. The summed E-state index contributed by atoms with van der Waals surface area (Å²) in [4.78, 5) is 11.6. The predicted octanol–water partition coefficient (Wildman–Crippen LogP) is 3.54. The van der Waals surface area contributed by atoms with Crippen molar-refractivity contribution in [3.05, 3.63) is 46.1 Å². The van der Waals surface area contributed by atoms with Crippen LogP contribution in [0.4, 0.5) is 5.82 Å². The van der Waals surface area contributed by atoms with E-state index >= 15 is 0 Å². The van der Waals surface area contributed by atoms with Crippen molar-refractivity contribution in [1.29, 1.82) is 0 Å². The highest BCUT2D eigenvalue weighted by Crippen LogP contribution is 2.26. The Bertz CT molecular complexity index is 615. The van der Waals surface area contributed by atoms with Gasteiger partial charge in [-0.2, -0.15) is 16.9 Å². The number of carbonyl (C=O) groups is 1. The molecule has 1 N–H and O–H groups in total. The molecular weight excluding hydrogens is 317 g/mol. The van der Waals surface area contributed by atoms with E-state index in [0.29, 0.717) is 28.2 Å². The van der Waals surface area contributed by atoms with Crippen molar-refractivity contribution in [3.63, 3.8) is 0 Å². The fourth-order valence-electron chi connectivity index (χ4n) is 1.71. The van der Waals surface area contributed by atoms with Gasteiger partial charge in [-0.15, -0.1) is 0 Å². The van der Waals surface area contributed by atoms with Crippen LogP contribution in [-0.4, -0.2) is 27.7 Å². The normalized spacial score (nSPS) is 10.6. The molecule has 2 rings (SSSR count). The second-order valence-corrected chi connectivity index (χ2v) is 5.72. The molecule has 1 aromatic heterocycles. The van der Waals surface area contributed by atoms with Gasteiger partial charge in [0.1, 0.15) is 5.82 Å². The number of aromatic nitrogens is 2. The third kappa shape index (κ3) is 3.69. The SMILES string of the molecule is CSCC(=O)Nc1ccnn1Cc1cccc(Cl)c1Cl. The number of benzene rings is 1. The van der Waals surface area contributed by atoms with Gasteiger partial charge in [0.05, 0.1) is 28.5 Å². The summed E-state index contributed by atoms with van der Waals surface area (Å²) in [5.74, 6) is 0.986. The highest BCUT2D eigenvalue weighted by Gasteiger charge is 2.10. The molecule has 0 radical (unpaired) electrons. The molecule has 106 valence electrons. The van der Waals surface area contributed by atoms with Crippen LogP contribution in [0.5, 0.6) is 0 Å². The van der Waals surface area contributed by atoms with Gasteiger partial charge in [0.15, 0.2) is 0 Å². The summed E-state index contributed by atoms with van der Waals surface area (Å²) in [5.41, 5.74) is 0.850. The largest absolute Gasteiger partial charge is 0.310 e. The number of rotatable bonds is 5. The van der Waals surface area contributed by atoms with Crippen LogP contribution in [0.15, 0.2) is 30.5 Å². The van der Waals surface area contributed by atoms with Crippen molar-refractivity contribution in [2.75, 3.05) is 17.3 Å². The minimum atomic E-state index is -0.0589. The molecule has 1 amide bonds. The third-order valence-electron chi connectivity index (χ3n) is 2.61. The number of nitrogens with zero attached hydrogens (tertiary/aromatic N) is 2. The first-order chi connectivity index (χ1) is 9.61. The minimum Gasteiger partial charge on any atom is -0.310 e. The molecule has 0 spiro atoms. The van der Waals surface area contributed by atoms with E-state index in [1.165, 1.54) is 11.8 Å². The lowest BCUT2D eigenvalue weighted by Crippen LogP contribution is -2.17. The van der Waals surface area contributed by atoms with E-state index < -0.39 is 0 Å². The van der Waals surface area contributed by atoms with Gasteiger partial charge < -0.3 is 5.32 Å². The molecule has 7 heteroatoms. The zero-order chi connectivity index (χ0) is 14.5. The zero-order valence-electron chi connectivity index (χ0n) is 10.8. The highest BCUT2D eigenvalue weighted by atomic mass is 35.5. The van der Waals surface area contributed by atoms with Crippen LogP contribution in [0.1, 0.15) is 5.56 Å². The zero-order valence-corrected chi connectivity index (χ0v) is 13.1. The van der Waals surface area contributed by atoms with Crippen molar-refractivity contribution in [2.45, 2.75) is 6.54 Å². The van der Waals surface area contributed by atoms with Gasteiger partial charge in [0, 0.05) is 6.07 Å². The Labute approximate surface area is 131 Å². The molecule has 0 saturated heterocycles. The quantitative estimate of drug-likeness (QED) is 0.912. The van der Waals surface area contributed by atoms with Crippen molar-refractivity contribution < 1.29 is 4.79 Å². The number of anilines is 1. The monoisotopic (exact) mass is 329 g/mol. The lowest BCUT2D eigenvalue weighted by atomic mass is 10.2. The number of thioether (sulfide) groups is 1. The molecule has 0 aliphatic heterocycles. The van der Waals surface area contributed by atoms with Gasteiger partial charge >= 0.3 is 0 Å². The van der Waals surface area contributed by atoms with E-state index in [1.54, 1.807) is 23.0 Å². The summed E-state index contributed by atoms with van der Waals surface area (Å²) in [6.45, 7) is 0.446. The van der Waals surface area contributed by atoms with Crippen LogP contribution in [0.3, 0.4) is 0 Å². The van der Waals surface area contributed by atoms with Gasteiger partial charge in [-0.25, -0.2) is 4.68 Å². The first-order valence-electron chi connectivity index (χ1n) is 5.85. The van der Waals surface area contributed by atoms with E-state index in [2.05, 4.69) is 10.4 Å². The highest BCUT2D eigenvalue weighted by molar-refractivity contribution is 7.99. The molecule has 1 heterocycles. The van der Waals surface area contributed by atoms with Gasteiger partial charge in [-0.05, 0) is 17.9 Å². The van der Waals surface area contributed by atoms with E-state index in [1.807, 2.05) is 18.4 Å². The first-order valence-corrected chi connectivity index (χ1v) is 8.00. The molecule has 20 heavy (non-hydrogen) atoms. The second-order valence-electron chi connectivity index (χ2n) is 4.07. The van der Waals surface area contributed by atoms with Crippen LogP contribution in [0.25, 0.3) is 0 Å². The van der Waals surface area contributed by atoms with Gasteiger partial charge in [0.2, 0.25) is 5.91 Å². The number of hydrogen-bond donors (Lipinski definition) is 1. The summed E-state index contributed by atoms with van der Waals surface area (Å²) >= 11 is 13.6. The minimum absolute atomic E-state index is 0.0589. The molecular formula is C13H13Cl2N3OS. The van der Waals surface area contributed by atoms with E-state index in [0.717, 1.165) is 5.56 Å². The molecule has 0 fully saturated rings. The van der Waals surface area contributed by atoms with Crippen LogP contribution in [-0.2, 0) is 11.3 Å². The third-order valence-corrected chi connectivity index (χ3v) is 4.02.